The Morgan fingerprint density at radius 2 is 1.55 bits per heavy atom. The van der Waals surface area contributed by atoms with E-state index in [4.69, 9.17) is 9.56 Å². The fourth-order valence-electron chi connectivity index (χ4n) is 2.10. The molecule has 0 aliphatic carbocycles. The van der Waals surface area contributed by atoms with Crippen LogP contribution in [-0.2, 0) is 10.0 Å². The summed E-state index contributed by atoms with van der Waals surface area (Å²) in [6.45, 7) is 0. The summed E-state index contributed by atoms with van der Waals surface area (Å²) < 4.78 is 40.7. The van der Waals surface area contributed by atoms with Gasteiger partial charge in [-0.05, 0) is 29.8 Å². The van der Waals surface area contributed by atoms with Crippen LogP contribution < -0.4 is 5.14 Å². The Bertz CT molecular complexity index is 901. The van der Waals surface area contributed by atoms with Crippen LogP contribution in [0.1, 0.15) is 0 Å². The Balaban J connectivity index is 2.03. The molecule has 0 atom stereocenters. The van der Waals surface area contributed by atoms with Crippen molar-refractivity contribution < 1.29 is 17.2 Å². The summed E-state index contributed by atoms with van der Waals surface area (Å²) in [4.78, 5) is 3.64. The van der Waals surface area contributed by atoms with Gasteiger partial charge in [0.05, 0.1) is 17.4 Å². The van der Waals surface area contributed by atoms with Gasteiger partial charge in [0.15, 0.2) is 0 Å². The van der Waals surface area contributed by atoms with Crippen molar-refractivity contribution in [2.75, 3.05) is 0 Å². The van der Waals surface area contributed by atoms with Gasteiger partial charge in [0, 0.05) is 22.9 Å². The Morgan fingerprint density at radius 1 is 0.955 bits per heavy atom. The van der Waals surface area contributed by atoms with Crippen molar-refractivity contribution in [3.8, 4) is 22.3 Å². The van der Waals surface area contributed by atoms with E-state index in [0.717, 1.165) is 16.7 Å². The molecule has 2 aromatic heterocycles. The number of aromatic nitrogens is 1. The summed E-state index contributed by atoms with van der Waals surface area (Å²) in [5.41, 5.74) is 2.92. The van der Waals surface area contributed by atoms with Gasteiger partial charge in [-0.25, -0.2) is 18.5 Å². The standard InChI is InChI=1S/C15H11FN2O3S/c16-15-6-3-11(7-18-15)14-9-21-8-13(14)10-1-4-12(5-2-10)22(17,19)20/h1-9H,(H2,17,19,20). The zero-order valence-electron chi connectivity index (χ0n) is 11.2. The largest absolute Gasteiger partial charge is 0.471 e. The average Bonchev–Trinajstić information content (AvgIpc) is 2.97. The number of primary sulfonamides is 1. The molecule has 7 heteroatoms. The molecule has 5 nitrogen and oxygen atoms in total. The molecule has 0 fully saturated rings. The lowest BCUT2D eigenvalue weighted by atomic mass is 10.0. The molecule has 0 spiro atoms. The number of rotatable bonds is 3. The van der Waals surface area contributed by atoms with Crippen LogP contribution in [0.5, 0.6) is 0 Å². The molecule has 0 bridgehead atoms. The van der Waals surface area contributed by atoms with Gasteiger partial charge in [0.1, 0.15) is 0 Å². The first-order valence-corrected chi connectivity index (χ1v) is 7.81. The molecule has 3 rings (SSSR count). The zero-order chi connectivity index (χ0) is 15.7. The molecule has 112 valence electrons. The minimum atomic E-state index is -3.73. The van der Waals surface area contributed by atoms with E-state index in [2.05, 4.69) is 4.98 Å². The number of nitrogens with zero attached hydrogens (tertiary/aromatic N) is 1. The lowest BCUT2D eigenvalue weighted by Crippen LogP contribution is -2.11. The Kier molecular flexibility index (Phi) is 3.51. The molecule has 0 saturated heterocycles. The quantitative estimate of drug-likeness (QED) is 0.752. The maximum Gasteiger partial charge on any atom is 0.238 e. The normalized spacial score (nSPS) is 11.5. The molecular weight excluding hydrogens is 307 g/mol. The van der Waals surface area contributed by atoms with Crippen LogP contribution in [0.2, 0.25) is 0 Å². The molecule has 2 N–H and O–H groups in total. The van der Waals surface area contributed by atoms with Crippen LogP contribution in [0.4, 0.5) is 4.39 Å². The van der Waals surface area contributed by atoms with Crippen molar-refractivity contribution in [2.45, 2.75) is 4.90 Å². The second-order valence-electron chi connectivity index (χ2n) is 4.64. The number of nitrogens with two attached hydrogens (primary N) is 1. The maximum absolute atomic E-state index is 12.9. The van der Waals surface area contributed by atoms with Crippen LogP contribution in [0.15, 0.2) is 64.4 Å². The summed E-state index contributed by atoms with van der Waals surface area (Å²) in [5, 5.41) is 5.07. The van der Waals surface area contributed by atoms with E-state index in [0.29, 0.717) is 5.56 Å². The molecule has 1 aromatic carbocycles. The van der Waals surface area contributed by atoms with Crippen LogP contribution >= 0.6 is 0 Å². The lowest BCUT2D eigenvalue weighted by molar-refractivity contribution is 0.568. The summed E-state index contributed by atoms with van der Waals surface area (Å²) in [5.74, 6) is -0.564. The van der Waals surface area contributed by atoms with Crippen LogP contribution in [0.3, 0.4) is 0 Å². The van der Waals surface area contributed by atoms with Crippen molar-refractivity contribution in [3.63, 3.8) is 0 Å². The third-order valence-electron chi connectivity index (χ3n) is 3.19. The van der Waals surface area contributed by atoms with Gasteiger partial charge in [0.2, 0.25) is 16.0 Å². The van der Waals surface area contributed by atoms with E-state index in [9.17, 15) is 12.8 Å². The first-order valence-electron chi connectivity index (χ1n) is 6.26. The number of benzene rings is 1. The molecule has 0 saturated carbocycles. The van der Waals surface area contributed by atoms with Crippen LogP contribution in [0, 0.1) is 5.95 Å². The van der Waals surface area contributed by atoms with Gasteiger partial charge in [-0.3, -0.25) is 0 Å². The van der Waals surface area contributed by atoms with Gasteiger partial charge in [0.25, 0.3) is 0 Å². The van der Waals surface area contributed by atoms with Gasteiger partial charge in [-0.2, -0.15) is 4.39 Å². The maximum atomic E-state index is 12.9. The first-order chi connectivity index (χ1) is 10.4. The van der Waals surface area contributed by atoms with Gasteiger partial charge >= 0.3 is 0 Å². The molecule has 0 radical (unpaired) electrons. The van der Waals surface area contributed by atoms with Crippen molar-refractivity contribution in [1.82, 2.24) is 4.98 Å². The van der Waals surface area contributed by atoms with E-state index in [1.54, 1.807) is 18.2 Å². The summed E-state index contributed by atoms with van der Waals surface area (Å²) >= 11 is 0. The highest BCUT2D eigenvalue weighted by molar-refractivity contribution is 7.89. The highest BCUT2D eigenvalue weighted by Gasteiger charge is 2.12. The SMILES string of the molecule is NS(=O)(=O)c1ccc(-c2cocc2-c2ccc(F)nc2)cc1. The number of halogens is 1. The predicted octanol–water partition coefficient (Wildman–Crippen LogP) is 2.80. The average molecular weight is 318 g/mol. The summed E-state index contributed by atoms with van der Waals surface area (Å²) in [7, 11) is -3.73. The van der Waals surface area contributed by atoms with Crippen molar-refractivity contribution in [3.05, 3.63) is 61.1 Å². The highest BCUT2D eigenvalue weighted by Crippen LogP contribution is 2.33. The fraction of sp³-hybridized carbons (Fsp3) is 0. The van der Waals surface area contributed by atoms with Gasteiger partial charge in [-0.15, -0.1) is 0 Å². The predicted molar refractivity (Wildman–Crippen MR) is 78.7 cm³/mol. The summed E-state index contributed by atoms with van der Waals surface area (Å²) in [6, 6.07) is 8.95. The molecule has 0 aliphatic heterocycles. The van der Waals surface area contributed by atoms with Crippen molar-refractivity contribution in [1.29, 1.82) is 0 Å². The third-order valence-corrected chi connectivity index (χ3v) is 4.12. The fourth-order valence-corrected chi connectivity index (χ4v) is 2.62. The summed E-state index contributed by atoms with van der Waals surface area (Å²) in [6.07, 6.45) is 4.46. The molecule has 0 amide bonds. The van der Waals surface area contributed by atoms with Crippen molar-refractivity contribution >= 4 is 10.0 Å². The van der Waals surface area contributed by atoms with E-state index in [1.807, 2.05) is 0 Å². The second-order valence-corrected chi connectivity index (χ2v) is 6.20. The highest BCUT2D eigenvalue weighted by atomic mass is 32.2. The third kappa shape index (κ3) is 2.76. The second kappa shape index (κ2) is 5.36. The Morgan fingerprint density at radius 3 is 2.09 bits per heavy atom. The molecular formula is C15H11FN2O3S. The molecule has 3 aromatic rings. The van der Waals surface area contributed by atoms with E-state index < -0.39 is 16.0 Å². The Hall–Kier alpha value is -2.51. The smallest absolute Gasteiger partial charge is 0.238 e. The molecule has 2 heterocycles. The number of sulfonamides is 1. The zero-order valence-corrected chi connectivity index (χ0v) is 12.0. The molecule has 0 aliphatic rings. The monoisotopic (exact) mass is 318 g/mol. The number of hydrogen-bond donors (Lipinski definition) is 1. The first kappa shape index (κ1) is 14.4. The minimum Gasteiger partial charge on any atom is -0.471 e. The van der Waals surface area contributed by atoms with Gasteiger partial charge in [-0.1, -0.05) is 12.1 Å². The van der Waals surface area contributed by atoms with Crippen LogP contribution in [-0.4, -0.2) is 13.4 Å². The van der Waals surface area contributed by atoms with E-state index in [1.165, 1.54) is 36.9 Å². The lowest BCUT2D eigenvalue weighted by Gasteiger charge is -2.04. The topological polar surface area (TPSA) is 86.2 Å². The van der Waals surface area contributed by atoms with Crippen molar-refractivity contribution in [2.24, 2.45) is 5.14 Å². The molecule has 22 heavy (non-hydrogen) atoms. The van der Waals surface area contributed by atoms with E-state index in [-0.39, 0.29) is 4.90 Å². The van der Waals surface area contributed by atoms with Gasteiger partial charge < -0.3 is 4.42 Å². The Labute approximate surface area is 126 Å². The van der Waals surface area contributed by atoms with Crippen LogP contribution in [0.25, 0.3) is 22.3 Å². The number of hydrogen-bond acceptors (Lipinski definition) is 4. The molecule has 0 unspecified atom stereocenters. The minimum absolute atomic E-state index is 0.0322. The van der Waals surface area contributed by atoms with E-state index >= 15 is 0 Å². The number of pyridine rings is 1. The number of furan rings is 1.